The van der Waals surface area contributed by atoms with Crippen molar-refractivity contribution < 1.29 is 13.7 Å². The summed E-state index contributed by atoms with van der Waals surface area (Å²) in [4.78, 5) is 3.74. The van der Waals surface area contributed by atoms with Crippen molar-refractivity contribution in [2.75, 3.05) is 0 Å². The fourth-order valence-electron chi connectivity index (χ4n) is 1.64. The van der Waals surface area contributed by atoms with E-state index in [2.05, 4.69) is 4.98 Å². The van der Waals surface area contributed by atoms with Crippen molar-refractivity contribution in [1.82, 2.24) is 4.98 Å². The molecule has 0 aliphatic carbocycles. The highest BCUT2D eigenvalue weighted by Crippen LogP contribution is 2.36. The van der Waals surface area contributed by atoms with E-state index in [-0.39, 0.29) is 5.69 Å². The van der Waals surface area contributed by atoms with Gasteiger partial charge in [0.05, 0.1) is 11.2 Å². The van der Waals surface area contributed by atoms with Gasteiger partial charge in [-0.2, -0.15) is 5.26 Å². The molecule has 0 N–H and O–H groups in total. The van der Waals surface area contributed by atoms with E-state index in [0.29, 0.717) is 5.46 Å². The quantitative estimate of drug-likeness (QED) is 0.704. The SMILES string of the molecule is CC1(C)OB(c2cnc(C#N)c(F)c2)OC1(C)C. The van der Waals surface area contributed by atoms with Crippen LogP contribution in [0.1, 0.15) is 33.4 Å². The molecule has 0 radical (unpaired) electrons. The van der Waals surface area contributed by atoms with E-state index in [0.717, 1.165) is 0 Å². The van der Waals surface area contributed by atoms with Gasteiger partial charge in [0.25, 0.3) is 0 Å². The van der Waals surface area contributed by atoms with Crippen LogP contribution in [0.15, 0.2) is 12.3 Å². The maximum atomic E-state index is 13.5. The number of hydrogen-bond acceptors (Lipinski definition) is 4. The molecule has 0 unspecified atom stereocenters. The minimum Gasteiger partial charge on any atom is -0.399 e. The maximum Gasteiger partial charge on any atom is 0.496 e. The summed E-state index contributed by atoms with van der Waals surface area (Å²) in [5, 5.41) is 8.63. The maximum absolute atomic E-state index is 13.5. The van der Waals surface area contributed by atoms with Crippen LogP contribution in [0, 0.1) is 17.1 Å². The lowest BCUT2D eigenvalue weighted by Gasteiger charge is -2.32. The standard InChI is InChI=1S/C12H14BFN2O2/c1-11(2)12(3,4)18-13(17-11)8-5-9(14)10(6-15)16-7-8/h5,7H,1-4H3. The monoisotopic (exact) mass is 248 g/mol. The third kappa shape index (κ3) is 2.00. The lowest BCUT2D eigenvalue weighted by Crippen LogP contribution is -2.41. The zero-order valence-corrected chi connectivity index (χ0v) is 10.8. The highest BCUT2D eigenvalue weighted by Gasteiger charge is 2.51. The molecule has 1 aliphatic heterocycles. The second-order valence-corrected chi connectivity index (χ2v) is 5.30. The minimum absolute atomic E-state index is 0.227. The Morgan fingerprint density at radius 3 is 2.28 bits per heavy atom. The van der Waals surface area contributed by atoms with Gasteiger partial charge < -0.3 is 9.31 Å². The number of hydrogen-bond donors (Lipinski definition) is 0. The first-order chi connectivity index (χ1) is 8.27. The third-order valence-electron chi connectivity index (χ3n) is 3.49. The van der Waals surface area contributed by atoms with Crippen molar-refractivity contribution in [3.05, 3.63) is 23.8 Å². The van der Waals surface area contributed by atoms with Crippen molar-refractivity contribution >= 4 is 12.6 Å². The Kier molecular flexibility index (Phi) is 2.92. The Bertz CT molecular complexity index is 509. The lowest BCUT2D eigenvalue weighted by molar-refractivity contribution is 0.00578. The molecule has 0 aromatic carbocycles. The summed E-state index contributed by atoms with van der Waals surface area (Å²) in [6.07, 6.45) is 1.41. The molecule has 0 spiro atoms. The van der Waals surface area contributed by atoms with Crippen molar-refractivity contribution in [3.8, 4) is 6.07 Å². The summed E-state index contributed by atoms with van der Waals surface area (Å²) in [7, 11) is -0.662. The van der Waals surface area contributed by atoms with E-state index in [4.69, 9.17) is 14.6 Å². The molecule has 18 heavy (non-hydrogen) atoms. The van der Waals surface area contributed by atoms with Crippen LogP contribution in [0.25, 0.3) is 0 Å². The van der Waals surface area contributed by atoms with E-state index in [1.54, 1.807) is 6.07 Å². The highest BCUT2D eigenvalue weighted by atomic mass is 19.1. The first-order valence-electron chi connectivity index (χ1n) is 5.68. The first-order valence-corrected chi connectivity index (χ1v) is 5.68. The van der Waals surface area contributed by atoms with Crippen LogP contribution in [-0.4, -0.2) is 23.3 Å². The van der Waals surface area contributed by atoms with Crippen LogP contribution in [0.2, 0.25) is 0 Å². The number of rotatable bonds is 1. The van der Waals surface area contributed by atoms with Crippen LogP contribution < -0.4 is 5.46 Å². The van der Waals surface area contributed by atoms with Gasteiger partial charge in [-0.1, -0.05) is 0 Å². The Morgan fingerprint density at radius 1 is 1.28 bits per heavy atom. The minimum atomic E-state index is -0.662. The summed E-state index contributed by atoms with van der Waals surface area (Å²) in [6, 6.07) is 2.91. The predicted octanol–water partition coefficient (Wildman–Crippen LogP) is 1.39. The molecule has 0 amide bonds. The van der Waals surface area contributed by atoms with Crippen LogP contribution in [0.5, 0.6) is 0 Å². The smallest absolute Gasteiger partial charge is 0.399 e. The largest absolute Gasteiger partial charge is 0.496 e. The number of nitriles is 1. The fraction of sp³-hybridized carbons (Fsp3) is 0.500. The van der Waals surface area contributed by atoms with Crippen LogP contribution in [-0.2, 0) is 9.31 Å². The Labute approximate surface area is 106 Å². The number of pyridine rings is 1. The van der Waals surface area contributed by atoms with Crippen molar-refractivity contribution in [2.24, 2.45) is 0 Å². The second-order valence-electron chi connectivity index (χ2n) is 5.30. The van der Waals surface area contributed by atoms with E-state index in [1.165, 1.54) is 12.3 Å². The van der Waals surface area contributed by atoms with Gasteiger partial charge in [-0.05, 0) is 33.8 Å². The summed E-state index contributed by atoms with van der Waals surface area (Å²) in [6.45, 7) is 7.67. The van der Waals surface area contributed by atoms with Crippen molar-refractivity contribution in [3.63, 3.8) is 0 Å². The van der Waals surface area contributed by atoms with Gasteiger partial charge in [-0.15, -0.1) is 0 Å². The van der Waals surface area contributed by atoms with Crippen molar-refractivity contribution in [2.45, 2.75) is 38.9 Å². The Balaban J connectivity index is 2.31. The third-order valence-corrected chi connectivity index (χ3v) is 3.49. The van der Waals surface area contributed by atoms with Gasteiger partial charge in [0.1, 0.15) is 6.07 Å². The van der Waals surface area contributed by atoms with Gasteiger partial charge in [-0.3, -0.25) is 0 Å². The Hall–Kier alpha value is -1.45. The molecule has 6 heteroatoms. The van der Waals surface area contributed by atoms with Gasteiger partial charge in [0.15, 0.2) is 11.5 Å². The number of aromatic nitrogens is 1. The topological polar surface area (TPSA) is 55.1 Å². The van der Waals surface area contributed by atoms with Crippen LogP contribution in [0.3, 0.4) is 0 Å². The zero-order valence-electron chi connectivity index (χ0n) is 10.8. The van der Waals surface area contributed by atoms with Gasteiger partial charge in [0, 0.05) is 11.7 Å². The molecule has 1 aromatic heterocycles. The van der Waals surface area contributed by atoms with Gasteiger partial charge in [0.2, 0.25) is 0 Å². The number of nitrogens with zero attached hydrogens (tertiary/aromatic N) is 2. The average molecular weight is 248 g/mol. The molecule has 0 atom stereocenters. The highest BCUT2D eigenvalue weighted by molar-refractivity contribution is 6.62. The summed E-state index contributed by atoms with van der Waals surface area (Å²) >= 11 is 0. The molecule has 1 aromatic rings. The molecule has 1 aliphatic rings. The average Bonchev–Trinajstić information content (AvgIpc) is 2.48. The summed E-state index contributed by atoms with van der Waals surface area (Å²) < 4.78 is 25.0. The van der Waals surface area contributed by atoms with E-state index in [1.807, 2.05) is 27.7 Å². The first kappa shape index (κ1) is 13.0. The van der Waals surface area contributed by atoms with E-state index >= 15 is 0 Å². The normalized spacial score (nSPS) is 20.8. The van der Waals surface area contributed by atoms with E-state index in [9.17, 15) is 4.39 Å². The van der Waals surface area contributed by atoms with E-state index < -0.39 is 24.1 Å². The molecule has 2 heterocycles. The Morgan fingerprint density at radius 2 is 1.83 bits per heavy atom. The molecular weight excluding hydrogens is 234 g/mol. The predicted molar refractivity (Wildman–Crippen MR) is 64.6 cm³/mol. The molecular formula is C12H14BFN2O2. The van der Waals surface area contributed by atoms with Crippen molar-refractivity contribution in [1.29, 1.82) is 5.26 Å². The zero-order chi connectivity index (χ0) is 13.6. The molecule has 4 nitrogen and oxygen atoms in total. The molecule has 1 saturated heterocycles. The molecule has 0 saturated carbocycles. The summed E-state index contributed by atoms with van der Waals surface area (Å²) in [5.74, 6) is -0.662. The molecule has 94 valence electrons. The van der Waals surface area contributed by atoms with Gasteiger partial charge >= 0.3 is 7.12 Å². The second kappa shape index (κ2) is 4.04. The molecule has 0 bridgehead atoms. The molecule has 1 fully saturated rings. The van der Waals surface area contributed by atoms with Gasteiger partial charge in [-0.25, -0.2) is 9.37 Å². The lowest BCUT2D eigenvalue weighted by atomic mass is 9.80. The number of halogens is 1. The fourth-order valence-corrected chi connectivity index (χ4v) is 1.64. The molecule has 2 rings (SSSR count). The van der Waals surface area contributed by atoms with Crippen LogP contribution >= 0.6 is 0 Å². The summed E-state index contributed by atoms with van der Waals surface area (Å²) in [5.41, 5.74) is -0.718. The van der Waals surface area contributed by atoms with Crippen LogP contribution in [0.4, 0.5) is 4.39 Å².